The van der Waals surface area contributed by atoms with Crippen molar-refractivity contribution >= 4 is 42.3 Å². The summed E-state index contributed by atoms with van der Waals surface area (Å²) in [6.07, 6.45) is 23.5. The van der Waals surface area contributed by atoms with Crippen molar-refractivity contribution in [1.82, 2.24) is 49.1 Å². The number of hydrogen-bond donors (Lipinski definition) is 0. The van der Waals surface area contributed by atoms with E-state index in [1.165, 1.54) is 103 Å². The molecule has 1 aliphatic heterocycles. The summed E-state index contributed by atoms with van der Waals surface area (Å²) in [5.74, 6) is -2.36. The normalized spacial score (nSPS) is 15.9. The van der Waals surface area contributed by atoms with E-state index in [1.807, 2.05) is 48.5 Å². The quantitative estimate of drug-likeness (QED) is 0.0387. The van der Waals surface area contributed by atoms with E-state index in [0.717, 1.165) is 125 Å². The maximum absolute atomic E-state index is 15.3. The van der Waals surface area contributed by atoms with E-state index in [2.05, 4.69) is 20.4 Å². The number of halogens is 9. The highest BCUT2D eigenvalue weighted by molar-refractivity contribution is 6.06. The second-order valence-corrected chi connectivity index (χ2v) is 33.8. The second kappa shape index (κ2) is 44.1. The zero-order chi connectivity index (χ0) is 83.0. The lowest BCUT2D eigenvalue weighted by Gasteiger charge is -2.25. The minimum absolute atomic E-state index is 0. The molecule has 21 nitrogen and oxygen atoms in total. The number of hydrogen-bond acceptors (Lipinski definition) is 14. The Balaban J connectivity index is 0.000000214. The van der Waals surface area contributed by atoms with Gasteiger partial charge in [0.2, 0.25) is 35.2 Å². The monoisotopic (exact) mass is 1640 g/mol. The number of hydrazone groups is 1. The molecule has 4 saturated carbocycles. The third-order valence-corrected chi connectivity index (χ3v) is 20.1. The summed E-state index contributed by atoms with van der Waals surface area (Å²) in [7, 11) is 4.82. The molecule has 3 aromatic heterocycles. The number of rotatable bonds is 25. The molecule has 115 heavy (non-hydrogen) atoms. The van der Waals surface area contributed by atoms with Gasteiger partial charge < -0.3 is 43.1 Å². The summed E-state index contributed by atoms with van der Waals surface area (Å²) in [6, 6.07) is 11.3. The molecule has 638 valence electrons. The largest absolute Gasteiger partial charge is 0.473 e. The van der Waals surface area contributed by atoms with Crippen molar-refractivity contribution in [3.05, 3.63) is 141 Å². The fraction of sp³-hybridized carbons (Fsp3) is 0.624. The van der Waals surface area contributed by atoms with Crippen molar-refractivity contribution in [3.8, 4) is 17.6 Å². The first kappa shape index (κ1) is 93.5. The van der Waals surface area contributed by atoms with E-state index in [0.29, 0.717) is 80.0 Å². The van der Waals surface area contributed by atoms with Gasteiger partial charge in [0.1, 0.15) is 82.9 Å². The Hall–Kier alpha value is -8.63. The van der Waals surface area contributed by atoms with Gasteiger partial charge in [0, 0.05) is 70.1 Å². The molecule has 0 bridgehead atoms. The van der Waals surface area contributed by atoms with Crippen LogP contribution in [0.15, 0.2) is 65.8 Å². The number of benzene rings is 3. The van der Waals surface area contributed by atoms with Crippen molar-refractivity contribution < 1.29 is 82.7 Å². The van der Waals surface area contributed by atoms with Gasteiger partial charge >= 0.3 is 18.3 Å². The maximum Gasteiger partial charge on any atom is 0.410 e. The van der Waals surface area contributed by atoms with Crippen LogP contribution < -0.4 is 14.2 Å². The van der Waals surface area contributed by atoms with Crippen LogP contribution in [0.25, 0.3) is 0 Å². The van der Waals surface area contributed by atoms with Crippen molar-refractivity contribution in [1.29, 1.82) is 0 Å². The highest BCUT2D eigenvalue weighted by Gasteiger charge is 2.32. The average Bonchev–Trinajstić information content (AvgIpc) is 1.67. The Morgan fingerprint density at radius 2 is 0.791 bits per heavy atom. The van der Waals surface area contributed by atoms with E-state index >= 15 is 4.39 Å². The molecule has 30 heteroatoms. The summed E-state index contributed by atoms with van der Waals surface area (Å²) in [6.45, 7) is 20.4. The molecule has 0 spiro atoms. The Morgan fingerprint density at radius 1 is 0.443 bits per heavy atom. The van der Waals surface area contributed by atoms with Crippen LogP contribution in [0.5, 0.6) is 17.6 Å². The molecular weight excluding hydrogens is 1520 g/mol. The van der Waals surface area contributed by atoms with Crippen molar-refractivity contribution in [2.24, 2.45) is 28.8 Å². The molecule has 0 atom stereocenters. The zero-order valence-corrected chi connectivity index (χ0v) is 70.2. The van der Waals surface area contributed by atoms with Gasteiger partial charge in [-0.05, 0) is 198 Å². The number of aryl methyl sites for hydroxylation is 1. The molecule has 4 aliphatic carbocycles. The fourth-order valence-electron chi connectivity index (χ4n) is 14.3. The predicted molar refractivity (Wildman–Crippen MR) is 424 cm³/mol. The summed E-state index contributed by atoms with van der Waals surface area (Å²) in [5.41, 5.74) is 0.158. The van der Waals surface area contributed by atoms with Crippen LogP contribution in [0, 0.1) is 70.2 Å². The maximum atomic E-state index is 15.3. The lowest BCUT2D eigenvalue weighted by Crippen LogP contribution is -2.37. The van der Waals surface area contributed by atoms with Gasteiger partial charge in [0.15, 0.2) is 0 Å². The van der Waals surface area contributed by atoms with Crippen molar-refractivity contribution in [2.75, 3.05) is 34.2 Å². The van der Waals surface area contributed by atoms with Crippen molar-refractivity contribution in [2.45, 2.75) is 286 Å². The number of carbonyl (C=O) groups excluding carboxylic acids is 4. The first-order chi connectivity index (χ1) is 54.0. The lowest BCUT2D eigenvalue weighted by atomic mass is 9.89. The van der Waals surface area contributed by atoms with Gasteiger partial charge in [-0.2, -0.15) is 29.2 Å². The summed E-state index contributed by atoms with van der Waals surface area (Å²) in [5, 5.41) is 19.5. The summed E-state index contributed by atoms with van der Waals surface area (Å²) < 4.78 is 150. The summed E-state index contributed by atoms with van der Waals surface area (Å²) >= 11 is 0. The van der Waals surface area contributed by atoms with E-state index in [-0.39, 0.29) is 85.4 Å². The van der Waals surface area contributed by atoms with Gasteiger partial charge in [0.25, 0.3) is 0 Å². The third-order valence-electron chi connectivity index (χ3n) is 20.1. The lowest BCUT2D eigenvalue weighted by molar-refractivity contribution is -0.129. The van der Waals surface area contributed by atoms with Crippen LogP contribution in [0.1, 0.15) is 244 Å². The predicted octanol–water partition coefficient (Wildman–Crippen LogP) is 20.4. The number of aromatic nitrogens is 6. The Morgan fingerprint density at radius 3 is 1.18 bits per heavy atom. The number of carbonyl (C=O) groups is 4. The Labute approximate surface area is 678 Å². The molecule has 0 saturated heterocycles. The van der Waals surface area contributed by atoms with Gasteiger partial charge in [0.05, 0.1) is 37.5 Å². The number of nitrogens with zero attached hydrogens (tertiary/aromatic N) is 11. The third kappa shape index (κ3) is 30.7. The SMILES string of the molecule is CCCc1nn(CC2CCCCC2)c(OCc2cc(F)ccc2F)c1F.CN(CC1=NN(CC2CCCCC2)C(=O)C1)C(=O)OC(C)(C)C.CN(Cc1cc(OCc2cc(F)ccc2F)n(CC2CCCCC2)n1)C(=O)OC(C)(C)C.CN(Cc1nn(CC2CCCCC2)c(OCc2cc(F)ccc2F)c1F)C(=O)OC(C)(C)C.Cl. The van der Waals surface area contributed by atoms with Gasteiger partial charge in [-0.3, -0.25) is 4.79 Å². The molecule has 5 aliphatic rings. The zero-order valence-electron chi connectivity index (χ0n) is 69.4. The number of amides is 4. The second-order valence-electron chi connectivity index (χ2n) is 33.8. The van der Waals surface area contributed by atoms with Gasteiger partial charge in [-0.15, -0.1) is 12.4 Å². The molecule has 4 heterocycles. The average molecular weight is 1640 g/mol. The van der Waals surface area contributed by atoms with Crippen LogP contribution in [-0.2, 0) is 78.0 Å². The van der Waals surface area contributed by atoms with Crippen molar-refractivity contribution in [3.63, 3.8) is 0 Å². The topological polar surface area (TPSA) is 202 Å². The molecule has 3 aromatic carbocycles. The molecular formula is C85H120ClF8N11O10. The molecule has 6 aromatic rings. The first-order valence-corrected chi connectivity index (χ1v) is 40.4. The van der Waals surface area contributed by atoms with Crippen LogP contribution >= 0.6 is 12.4 Å². The highest BCUT2D eigenvalue weighted by Crippen LogP contribution is 2.34. The van der Waals surface area contributed by atoms with Crippen LogP contribution in [0.2, 0.25) is 0 Å². The van der Waals surface area contributed by atoms with Gasteiger partial charge in [-0.1, -0.05) is 90.4 Å². The minimum Gasteiger partial charge on any atom is -0.473 e. The Kier molecular flexibility index (Phi) is 35.8. The summed E-state index contributed by atoms with van der Waals surface area (Å²) in [4.78, 5) is 52.9. The highest BCUT2D eigenvalue weighted by atomic mass is 35.5. The fourth-order valence-corrected chi connectivity index (χ4v) is 14.3. The molecule has 0 unspecified atom stereocenters. The van der Waals surface area contributed by atoms with E-state index in [9.17, 15) is 49.9 Å². The molecule has 4 fully saturated rings. The molecule has 0 N–H and O–H groups in total. The Bertz CT molecular complexity index is 4130. The minimum atomic E-state index is -0.724. The van der Waals surface area contributed by atoms with E-state index < -0.39 is 81.6 Å². The van der Waals surface area contributed by atoms with E-state index in [4.69, 9.17) is 28.4 Å². The van der Waals surface area contributed by atoms with Crippen LogP contribution in [0.3, 0.4) is 0 Å². The first-order valence-electron chi connectivity index (χ1n) is 40.4. The molecule has 0 radical (unpaired) electrons. The van der Waals surface area contributed by atoms with Gasteiger partial charge in [-0.25, -0.2) is 59.8 Å². The molecule has 11 rings (SSSR count). The molecule has 4 amide bonds. The standard InChI is InChI=1S/C24H32F3N3O3.C24H33F2N3O3.C20H25F3N2O.C17H29N3O3.ClH/c1-24(2,3)33-23(31)29(4)14-20-21(27)22(30(28-20)13-16-8-6-5-7-9-16)32-15-17-12-18(25)10-11-19(17)26;1-24(2,3)32-23(30)28(4)15-20-13-22(29(27-20)14-17-8-6-5-7-9-17)31-16-18-12-19(25)10-11-21(18)26;1-2-6-18-19(23)20(25(24-18)12-14-7-4-3-5-8-14)26-13-15-11-16(21)9-10-17(15)22;1-17(2,3)23-16(22)19(4)12-14-10-15(21)20(18-14)11-13-8-6-5-7-9-13;/h10-12,16H,5-9,13-15H2,1-4H3;10-13,17H,5-9,14-16H2,1-4H3;9-11,14H,2-8,12-13H2,1H3;13H,5-12H2,1-4H3;1H. The smallest absolute Gasteiger partial charge is 0.410 e. The van der Waals surface area contributed by atoms with Crippen LogP contribution in [-0.4, -0.2) is 130 Å². The number of ether oxygens (including phenoxy) is 6. The van der Waals surface area contributed by atoms with Crippen LogP contribution in [0.4, 0.5) is 49.5 Å². The van der Waals surface area contributed by atoms with E-state index in [1.54, 1.807) is 55.3 Å².